The van der Waals surface area contributed by atoms with E-state index >= 15 is 0 Å². The van der Waals surface area contributed by atoms with Gasteiger partial charge in [-0.05, 0) is 36.2 Å². The molecule has 0 spiro atoms. The summed E-state index contributed by atoms with van der Waals surface area (Å²) in [5.41, 5.74) is 2.18. The summed E-state index contributed by atoms with van der Waals surface area (Å²) in [6, 6.07) is 8.09. The van der Waals surface area contributed by atoms with E-state index in [-0.39, 0.29) is 0 Å². The average molecular weight is 198 g/mol. The number of fused-ring (bicyclic) bond motifs is 2. The second-order valence-corrected chi connectivity index (χ2v) is 4.67. The molecule has 1 nitrogen and oxygen atoms in total. The number of hydrogen-bond donors (Lipinski definition) is 0. The lowest BCUT2D eigenvalue weighted by Gasteiger charge is -2.18. The van der Waals surface area contributed by atoms with Crippen molar-refractivity contribution in [3.63, 3.8) is 0 Å². The van der Waals surface area contributed by atoms with Crippen LogP contribution in [0.4, 0.5) is 0 Å². The molecular weight excluding hydrogens is 184 g/mol. The van der Waals surface area contributed by atoms with Gasteiger partial charge in [-0.1, -0.05) is 36.4 Å². The molecule has 0 saturated heterocycles. The standard InChI is InChI=1S/C14H14O/c15-9-10-1-4-12(5-2-10)14-8-11-3-6-13(14)7-11/h1-6,9,11,13-14H,7-8H2/t11?,13-,14-/m1/s1. The third-order valence-corrected chi connectivity index (χ3v) is 3.78. The summed E-state index contributed by atoms with van der Waals surface area (Å²) >= 11 is 0. The lowest BCUT2D eigenvalue weighted by Crippen LogP contribution is -2.04. The largest absolute Gasteiger partial charge is 0.298 e. The Balaban J connectivity index is 1.87. The van der Waals surface area contributed by atoms with Crippen molar-refractivity contribution in [2.24, 2.45) is 11.8 Å². The maximum Gasteiger partial charge on any atom is 0.150 e. The Morgan fingerprint density at radius 3 is 2.40 bits per heavy atom. The van der Waals surface area contributed by atoms with Crippen LogP contribution >= 0.6 is 0 Å². The Labute approximate surface area is 89.8 Å². The van der Waals surface area contributed by atoms with Gasteiger partial charge in [0.25, 0.3) is 0 Å². The Kier molecular flexibility index (Phi) is 1.98. The van der Waals surface area contributed by atoms with Crippen LogP contribution in [-0.2, 0) is 0 Å². The molecule has 2 aliphatic rings. The molecule has 3 atom stereocenters. The topological polar surface area (TPSA) is 17.1 Å². The van der Waals surface area contributed by atoms with E-state index in [2.05, 4.69) is 24.3 Å². The fourth-order valence-corrected chi connectivity index (χ4v) is 2.99. The molecule has 2 bridgehead atoms. The van der Waals surface area contributed by atoms with Crippen LogP contribution in [0.25, 0.3) is 0 Å². The monoisotopic (exact) mass is 198 g/mol. The average Bonchev–Trinajstić information content (AvgIpc) is 2.91. The summed E-state index contributed by atoms with van der Waals surface area (Å²) in [5.74, 6) is 2.25. The molecule has 0 aliphatic heterocycles. The Morgan fingerprint density at radius 2 is 1.87 bits per heavy atom. The van der Waals surface area contributed by atoms with E-state index in [1.54, 1.807) is 0 Å². The van der Waals surface area contributed by atoms with Gasteiger partial charge in [-0.15, -0.1) is 0 Å². The van der Waals surface area contributed by atoms with Gasteiger partial charge in [0.2, 0.25) is 0 Å². The van der Waals surface area contributed by atoms with Gasteiger partial charge in [-0.3, -0.25) is 4.79 Å². The van der Waals surface area contributed by atoms with E-state index in [4.69, 9.17) is 0 Å². The quantitative estimate of drug-likeness (QED) is 0.527. The summed E-state index contributed by atoms with van der Waals surface area (Å²) in [5, 5.41) is 0. The van der Waals surface area contributed by atoms with Crippen LogP contribution in [0.1, 0.15) is 34.7 Å². The summed E-state index contributed by atoms with van der Waals surface area (Å²) in [6.45, 7) is 0. The number of allylic oxidation sites excluding steroid dienone is 2. The number of rotatable bonds is 2. The van der Waals surface area contributed by atoms with Gasteiger partial charge >= 0.3 is 0 Å². The zero-order chi connectivity index (χ0) is 10.3. The Morgan fingerprint density at radius 1 is 1.07 bits per heavy atom. The molecule has 1 fully saturated rings. The van der Waals surface area contributed by atoms with Crippen molar-refractivity contribution in [3.05, 3.63) is 47.5 Å². The highest BCUT2D eigenvalue weighted by Gasteiger charge is 2.36. The summed E-state index contributed by atoms with van der Waals surface area (Å²) in [7, 11) is 0. The van der Waals surface area contributed by atoms with Crippen LogP contribution in [0.15, 0.2) is 36.4 Å². The Bertz CT molecular complexity index is 402. The van der Waals surface area contributed by atoms with Crippen LogP contribution in [0, 0.1) is 11.8 Å². The molecule has 3 rings (SSSR count). The van der Waals surface area contributed by atoms with Gasteiger partial charge in [-0.2, -0.15) is 0 Å². The van der Waals surface area contributed by atoms with Gasteiger partial charge in [0.15, 0.2) is 0 Å². The molecule has 15 heavy (non-hydrogen) atoms. The highest BCUT2D eigenvalue weighted by Crippen LogP contribution is 2.48. The maximum absolute atomic E-state index is 10.6. The molecule has 0 aromatic heterocycles. The number of carbonyl (C=O) groups excluding carboxylic acids is 1. The molecule has 1 aromatic carbocycles. The van der Waals surface area contributed by atoms with Crippen LogP contribution in [0.3, 0.4) is 0 Å². The minimum atomic E-state index is 0.695. The third kappa shape index (κ3) is 1.43. The van der Waals surface area contributed by atoms with Gasteiger partial charge in [0.1, 0.15) is 6.29 Å². The lowest BCUT2D eigenvalue weighted by atomic mass is 9.86. The first-order valence-corrected chi connectivity index (χ1v) is 5.60. The van der Waals surface area contributed by atoms with Crippen LogP contribution in [0.2, 0.25) is 0 Å². The minimum absolute atomic E-state index is 0.695. The highest BCUT2D eigenvalue weighted by atomic mass is 16.1. The zero-order valence-corrected chi connectivity index (χ0v) is 8.60. The van der Waals surface area contributed by atoms with Crippen molar-refractivity contribution in [3.8, 4) is 0 Å². The molecular formula is C14H14O. The number of hydrogen-bond acceptors (Lipinski definition) is 1. The fraction of sp³-hybridized carbons (Fsp3) is 0.357. The zero-order valence-electron chi connectivity index (χ0n) is 8.60. The van der Waals surface area contributed by atoms with E-state index in [0.29, 0.717) is 5.92 Å². The van der Waals surface area contributed by atoms with Crippen molar-refractivity contribution in [1.29, 1.82) is 0 Å². The smallest absolute Gasteiger partial charge is 0.150 e. The first-order valence-electron chi connectivity index (χ1n) is 5.60. The summed E-state index contributed by atoms with van der Waals surface area (Å²) in [6.07, 6.45) is 8.26. The molecule has 0 heterocycles. The predicted molar refractivity (Wildman–Crippen MR) is 59.9 cm³/mol. The van der Waals surface area contributed by atoms with Crippen molar-refractivity contribution < 1.29 is 4.79 Å². The summed E-state index contributed by atoms with van der Waals surface area (Å²) in [4.78, 5) is 10.6. The molecule has 1 heteroatoms. The van der Waals surface area contributed by atoms with E-state index in [9.17, 15) is 4.79 Å². The molecule has 1 unspecified atom stereocenters. The molecule has 76 valence electrons. The fourth-order valence-electron chi connectivity index (χ4n) is 2.99. The van der Waals surface area contributed by atoms with Gasteiger partial charge < -0.3 is 0 Å². The van der Waals surface area contributed by atoms with E-state index in [1.807, 2.05) is 12.1 Å². The molecule has 0 N–H and O–H groups in total. The molecule has 1 aromatic rings. The third-order valence-electron chi connectivity index (χ3n) is 3.78. The van der Waals surface area contributed by atoms with Gasteiger partial charge in [-0.25, -0.2) is 0 Å². The number of aldehydes is 1. The predicted octanol–water partition coefficient (Wildman–Crippen LogP) is 3.18. The lowest BCUT2D eigenvalue weighted by molar-refractivity contribution is 0.112. The minimum Gasteiger partial charge on any atom is -0.298 e. The van der Waals surface area contributed by atoms with Gasteiger partial charge in [0, 0.05) is 5.56 Å². The van der Waals surface area contributed by atoms with E-state index in [0.717, 1.165) is 23.7 Å². The van der Waals surface area contributed by atoms with E-state index < -0.39 is 0 Å². The molecule has 0 amide bonds. The summed E-state index contributed by atoms with van der Waals surface area (Å²) < 4.78 is 0. The first kappa shape index (κ1) is 8.90. The van der Waals surface area contributed by atoms with Crippen molar-refractivity contribution in [2.45, 2.75) is 18.8 Å². The molecule has 0 radical (unpaired) electrons. The molecule has 2 aliphatic carbocycles. The number of carbonyl (C=O) groups is 1. The van der Waals surface area contributed by atoms with Crippen LogP contribution < -0.4 is 0 Å². The van der Waals surface area contributed by atoms with Crippen molar-refractivity contribution in [1.82, 2.24) is 0 Å². The molecule has 1 saturated carbocycles. The van der Waals surface area contributed by atoms with Crippen LogP contribution in [0.5, 0.6) is 0 Å². The first-order chi connectivity index (χ1) is 7.36. The van der Waals surface area contributed by atoms with Gasteiger partial charge in [0.05, 0.1) is 0 Å². The second kappa shape index (κ2) is 3.34. The SMILES string of the molecule is O=Cc1ccc([C@H]2CC3C=C[C@@H]2C3)cc1. The van der Waals surface area contributed by atoms with E-state index in [1.165, 1.54) is 18.4 Å². The highest BCUT2D eigenvalue weighted by molar-refractivity contribution is 5.74. The van der Waals surface area contributed by atoms with Crippen LogP contribution in [-0.4, -0.2) is 6.29 Å². The maximum atomic E-state index is 10.6. The van der Waals surface area contributed by atoms with Crippen molar-refractivity contribution in [2.75, 3.05) is 0 Å². The normalized spacial score (nSPS) is 32.1. The second-order valence-electron chi connectivity index (χ2n) is 4.67. The number of benzene rings is 1. The van der Waals surface area contributed by atoms with Crippen molar-refractivity contribution >= 4 is 6.29 Å². The Hall–Kier alpha value is -1.37.